The van der Waals surface area contributed by atoms with Crippen molar-refractivity contribution in [3.8, 4) is 0 Å². The van der Waals surface area contributed by atoms with Crippen molar-refractivity contribution in [2.75, 3.05) is 11.1 Å². The maximum absolute atomic E-state index is 13.2. The van der Waals surface area contributed by atoms with Gasteiger partial charge in [0.25, 0.3) is 5.91 Å². The number of halogens is 1. The molecular weight excluding hydrogens is 473 g/mol. The van der Waals surface area contributed by atoms with Crippen LogP contribution in [0.2, 0.25) is 0 Å². The molecule has 11 heteroatoms. The summed E-state index contributed by atoms with van der Waals surface area (Å²) in [6.45, 7) is 6.31. The van der Waals surface area contributed by atoms with Crippen LogP contribution in [0.15, 0.2) is 53.7 Å². The van der Waals surface area contributed by atoms with Crippen LogP contribution in [0, 0.1) is 11.7 Å². The molecule has 2 aromatic carbocycles. The number of carboxylic acids is 1. The maximum Gasteiger partial charge on any atom is 0.335 e. The topological polar surface area (TPSA) is 126 Å². The molecule has 1 heterocycles. The molecule has 0 fully saturated rings. The van der Waals surface area contributed by atoms with Crippen molar-refractivity contribution >= 4 is 35.2 Å². The van der Waals surface area contributed by atoms with E-state index in [1.165, 1.54) is 48.2 Å². The van der Waals surface area contributed by atoms with Crippen molar-refractivity contribution in [3.05, 3.63) is 71.3 Å². The van der Waals surface area contributed by atoms with Gasteiger partial charge in [0, 0.05) is 17.8 Å². The molecule has 1 atom stereocenters. The Morgan fingerprint density at radius 2 is 1.80 bits per heavy atom. The molecule has 3 rings (SSSR count). The smallest absolute Gasteiger partial charge is 0.335 e. The number of amides is 2. The Hall–Kier alpha value is -3.73. The third kappa shape index (κ3) is 6.66. The van der Waals surface area contributed by atoms with Crippen molar-refractivity contribution < 1.29 is 23.9 Å². The van der Waals surface area contributed by atoms with Gasteiger partial charge in [0.1, 0.15) is 5.82 Å². The lowest BCUT2D eigenvalue weighted by molar-refractivity contribution is -0.113. The van der Waals surface area contributed by atoms with Gasteiger partial charge in [-0.1, -0.05) is 31.7 Å². The first-order valence-electron chi connectivity index (χ1n) is 10.9. The van der Waals surface area contributed by atoms with Crippen LogP contribution in [0.4, 0.5) is 10.1 Å². The third-order valence-electron chi connectivity index (χ3n) is 5.13. The molecule has 9 nitrogen and oxygen atoms in total. The number of nitrogens with one attached hydrogen (secondary N) is 2. The lowest BCUT2D eigenvalue weighted by Crippen LogP contribution is -2.33. The highest BCUT2D eigenvalue weighted by molar-refractivity contribution is 7.99. The number of benzene rings is 2. The van der Waals surface area contributed by atoms with Crippen molar-refractivity contribution in [1.82, 2.24) is 20.1 Å². The van der Waals surface area contributed by atoms with Gasteiger partial charge in [0.05, 0.1) is 17.4 Å². The van der Waals surface area contributed by atoms with Crippen LogP contribution >= 0.6 is 11.8 Å². The second kappa shape index (κ2) is 11.6. The first-order chi connectivity index (χ1) is 16.7. The summed E-state index contributed by atoms with van der Waals surface area (Å²) in [6.07, 6.45) is 0. The number of hydrogen-bond donors (Lipinski definition) is 3. The van der Waals surface area contributed by atoms with Gasteiger partial charge in [-0.2, -0.15) is 0 Å². The Balaban J connectivity index is 1.70. The van der Waals surface area contributed by atoms with E-state index >= 15 is 0 Å². The van der Waals surface area contributed by atoms with Gasteiger partial charge in [-0.3, -0.25) is 9.59 Å². The number of aromatic carboxylic acids is 1. The Morgan fingerprint density at radius 3 is 2.43 bits per heavy atom. The van der Waals surface area contributed by atoms with Crippen LogP contribution in [-0.2, 0) is 11.3 Å². The summed E-state index contributed by atoms with van der Waals surface area (Å²) in [5.74, 6) is -1.62. The molecule has 0 bridgehead atoms. The number of rotatable bonds is 10. The van der Waals surface area contributed by atoms with E-state index in [1.807, 2.05) is 25.3 Å². The van der Waals surface area contributed by atoms with Crippen LogP contribution in [-0.4, -0.2) is 43.4 Å². The summed E-state index contributed by atoms with van der Waals surface area (Å²) < 4.78 is 15.0. The van der Waals surface area contributed by atoms with Gasteiger partial charge in [-0.05, 0) is 55.3 Å². The molecule has 0 saturated heterocycles. The van der Waals surface area contributed by atoms with Crippen LogP contribution in [0.25, 0.3) is 0 Å². The molecule has 35 heavy (non-hydrogen) atoms. The molecule has 3 aromatic rings. The minimum atomic E-state index is -1.08. The van der Waals surface area contributed by atoms with E-state index in [-0.39, 0.29) is 29.0 Å². The van der Waals surface area contributed by atoms with Gasteiger partial charge < -0.3 is 20.3 Å². The fourth-order valence-electron chi connectivity index (χ4n) is 3.35. The van der Waals surface area contributed by atoms with Crippen molar-refractivity contribution in [2.24, 2.45) is 5.92 Å². The molecule has 0 spiro atoms. The summed E-state index contributed by atoms with van der Waals surface area (Å²) in [5, 5.41) is 23.7. The summed E-state index contributed by atoms with van der Waals surface area (Å²) in [4.78, 5) is 36.3. The highest BCUT2D eigenvalue weighted by Gasteiger charge is 2.26. The first-order valence-corrected chi connectivity index (χ1v) is 11.9. The predicted molar refractivity (Wildman–Crippen MR) is 130 cm³/mol. The maximum atomic E-state index is 13.2. The Kier molecular flexibility index (Phi) is 8.58. The van der Waals surface area contributed by atoms with E-state index in [4.69, 9.17) is 5.11 Å². The van der Waals surface area contributed by atoms with Gasteiger partial charge >= 0.3 is 5.97 Å². The van der Waals surface area contributed by atoms with E-state index in [2.05, 4.69) is 20.8 Å². The van der Waals surface area contributed by atoms with E-state index in [9.17, 15) is 18.8 Å². The van der Waals surface area contributed by atoms with Crippen molar-refractivity contribution in [3.63, 3.8) is 0 Å². The van der Waals surface area contributed by atoms with Crippen LogP contribution in [0.1, 0.15) is 53.4 Å². The molecule has 0 radical (unpaired) electrons. The van der Waals surface area contributed by atoms with Gasteiger partial charge in [-0.15, -0.1) is 10.2 Å². The van der Waals surface area contributed by atoms with Crippen LogP contribution < -0.4 is 10.6 Å². The zero-order valence-electron chi connectivity index (χ0n) is 19.5. The number of nitrogens with zero attached hydrogens (tertiary/aromatic N) is 3. The van der Waals surface area contributed by atoms with E-state index < -0.39 is 17.8 Å². The molecule has 0 saturated carbocycles. The number of aromatic nitrogens is 3. The number of hydrogen-bond acceptors (Lipinski definition) is 6. The Labute approximate surface area is 206 Å². The number of carbonyl (C=O) groups excluding carboxylic acids is 2. The molecule has 0 aliphatic carbocycles. The number of carbonyl (C=O) groups is 3. The molecule has 2 amide bonds. The molecule has 0 aliphatic rings. The van der Waals surface area contributed by atoms with Crippen LogP contribution in [0.5, 0.6) is 0 Å². The summed E-state index contributed by atoms with van der Waals surface area (Å²) in [6, 6.07) is 10.8. The minimum absolute atomic E-state index is 0.0171. The SMILES string of the molecule is CCn1c(SCC(=O)Nc2cccc(C(=O)O)c2)nnc1[C@H](NC(=O)c1ccc(F)cc1)C(C)C. The standard InChI is InChI=1S/C24H26FN5O4S/c1-4-30-21(20(14(2)3)27-22(32)15-8-10-17(25)11-9-15)28-29-24(30)35-13-19(31)26-18-7-5-6-16(12-18)23(33)34/h5-12,14,20H,4,13H2,1-3H3,(H,26,31)(H,27,32)(H,33,34)/t20-/m1/s1. The quantitative estimate of drug-likeness (QED) is 0.360. The molecule has 3 N–H and O–H groups in total. The van der Waals surface area contributed by atoms with Gasteiger partial charge in [0.2, 0.25) is 5.91 Å². The van der Waals surface area contributed by atoms with Crippen LogP contribution in [0.3, 0.4) is 0 Å². The summed E-state index contributed by atoms with van der Waals surface area (Å²) in [7, 11) is 0. The first kappa shape index (κ1) is 25.9. The number of anilines is 1. The monoisotopic (exact) mass is 499 g/mol. The van der Waals surface area contributed by atoms with Gasteiger partial charge in [-0.25, -0.2) is 9.18 Å². The molecule has 0 aliphatic heterocycles. The molecule has 184 valence electrons. The zero-order valence-corrected chi connectivity index (χ0v) is 20.3. The fourth-order valence-corrected chi connectivity index (χ4v) is 4.16. The molecular formula is C24H26FN5O4S. The predicted octanol–water partition coefficient (Wildman–Crippen LogP) is 3.99. The van der Waals surface area contributed by atoms with Gasteiger partial charge in [0.15, 0.2) is 11.0 Å². The van der Waals surface area contributed by atoms with Crippen molar-refractivity contribution in [1.29, 1.82) is 0 Å². The summed E-state index contributed by atoms with van der Waals surface area (Å²) in [5.41, 5.74) is 0.794. The third-order valence-corrected chi connectivity index (χ3v) is 6.09. The zero-order chi connectivity index (χ0) is 25.5. The second-order valence-corrected chi connectivity index (χ2v) is 8.95. The lowest BCUT2D eigenvalue weighted by Gasteiger charge is -2.22. The normalized spacial score (nSPS) is 11.8. The van der Waals surface area contributed by atoms with E-state index in [1.54, 1.807) is 12.1 Å². The molecule has 1 aromatic heterocycles. The fraction of sp³-hybridized carbons (Fsp3) is 0.292. The average molecular weight is 500 g/mol. The number of carboxylic acid groups (broad SMARTS) is 1. The average Bonchev–Trinajstić information content (AvgIpc) is 3.23. The number of thioether (sulfide) groups is 1. The Bertz CT molecular complexity index is 1210. The van der Waals surface area contributed by atoms with Crippen molar-refractivity contribution in [2.45, 2.75) is 38.5 Å². The highest BCUT2D eigenvalue weighted by Crippen LogP contribution is 2.26. The summed E-state index contributed by atoms with van der Waals surface area (Å²) >= 11 is 1.18. The largest absolute Gasteiger partial charge is 0.478 e. The second-order valence-electron chi connectivity index (χ2n) is 8.01. The molecule has 0 unspecified atom stereocenters. The lowest BCUT2D eigenvalue weighted by atomic mass is 10.0. The highest BCUT2D eigenvalue weighted by atomic mass is 32.2. The van der Waals surface area contributed by atoms with E-state index in [0.717, 1.165) is 0 Å². The minimum Gasteiger partial charge on any atom is -0.478 e. The Morgan fingerprint density at radius 1 is 1.09 bits per heavy atom. The van der Waals surface area contributed by atoms with E-state index in [0.29, 0.717) is 28.8 Å².